The first kappa shape index (κ1) is 18.8. The minimum Gasteiger partial charge on any atom is -0.480 e. The number of hydrogen-bond acceptors (Lipinski definition) is 2. The fourth-order valence-electron chi connectivity index (χ4n) is 3.94. The molecular weight excluding hydrogens is 340 g/mol. The lowest BCUT2D eigenvalue weighted by Crippen LogP contribution is -2.34. The van der Waals surface area contributed by atoms with Gasteiger partial charge in [-0.25, -0.2) is 0 Å². The summed E-state index contributed by atoms with van der Waals surface area (Å²) in [6, 6.07) is 6.48. The Morgan fingerprint density at radius 3 is 2.81 bits per heavy atom. The molecule has 0 saturated heterocycles. The standard InChI is InChI=1S/C23H26O2S/c1-5-23(21(24)25)13-8-7-9-18(23)16-10-11-19-17(15-16)20(26-6-2)12-14-22(19,3)4/h5,7-13,15,18H,1,6,14H2,2-4H3,(H,24,25). The molecule has 0 amide bonds. The summed E-state index contributed by atoms with van der Waals surface area (Å²) in [5, 5.41) is 9.91. The van der Waals surface area contributed by atoms with Gasteiger partial charge in [0.25, 0.3) is 0 Å². The van der Waals surface area contributed by atoms with Gasteiger partial charge in [0, 0.05) is 10.8 Å². The van der Waals surface area contributed by atoms with Crippen LogP contribution in [0.15, 0.2) is 61.2 Å². The predicted molar refractivity (Wildman–Crippen MR) is 111 cm³/mol. The second-order valence-corrected chi connectivity index (χ2v) is 8.86. The first-order valence-electron chi connectivity index (χ1n) is 9.06. The van der Waals surface area contributed by atoms with Crippen LogP contribution in [0.25, 0.3) is 4.91 Å². The van der Waals surface area contributed by atoms with Crippen molar-refractivity contribution in [3.05, 3.63) is 77.9 Å². The molecule has 0 aliphatic heterocycles. The second kappa shape index (κ2) is 6.96. The minimum absolute atomic E-state index is 0.0935. The third kappa shape index (κ3) is 2.99. The molecule has 2 atom stereocenters. The lowest BCUT2D eigenvalue weighted by atomic mass is 9.68. The molecule has 0 aromatic heterocycles. The molecule has 0 spiro atoms. The first-order valence-corrected chi connectivity index (χ1v) is 10.0. The highest BCUT2D eigenvalue weighted by molar-refractivity contribution is 8.08. The molecule has 3 rings (SSSR count). The van der Waals surface area contributed by atoms with Crippen molar-refractivity contribution in [2.45, 2.75) is 38.5 Å². The number of carboxylic acid groups (broad SMARTS) is 1. The number of allylic oxidation sites excluding steroid dienone is 4. The molecule has 0 saturated carbocycles. The monoisotopic (exact) mass is 366 g/mol. The molecule has 136 valence electrons. The van der Waals surface area contributed by atoms with Crippen LogP contribution in [0.4, 0.5) is 0 Å². The highest BCUT2D eigenvalue weighted by atomic mass is 32.2. The summed E-state index contributed by atoms with van der Waals surface area (Å²) in [7, 11) is 0. The third-order valence-corrected chi connectivity index (χ3v) is 6.49. The van der Waals surface area contributed by atoms with Crippen molar-refractivity contribution in [1.82, 2.24) is 0 Å². The average molecular weight is 367 g/mol. The molecule has 1 N–H and O–H groups in total. The van der Waals surface area contributed by atoms with E-state index in [2.05, 4.69) is 51.6 Å². The maximum atomic E-state index is 12.1. The Morgan fingerprint density at radius 1 is 1.38 bits per heavy atom. The van der Waals surface area contributed by atoms with E-state index in [-0.39, 0.29) is 11.3 Å². The van der Waals surface area contributed by atoms with Crippen LogP contribution in [0.2, 0.25) is 0 Å². The van der Waals surface area contributed by atoms with Crippen molar-refractivity contribution < 1.29 is 9.90 Å². The van der Waals surface area contributed by atoms with Gasteiger partial charge in [-0.05, 0) is 40.3 Å². The molecule has 0 radical (unpaired) electrons. The Labute approximate surface area is 160 Å². The maximum absolute atomic E-state index is 12.1. The SMILES string of the molecule is C=CC1(C(=O)O)C=CC=CC1c1ccc2c(c1)C(SCC)=CCC2(C)C. The predicted octanol–water partition coefficient (Wildman–Crippen LogP) is 5.93. The van der Waals surface area contributed by atoms with E-state index in [9.17, 15) is 9.90 Å². The first-order chi connectivity index (χ1) is 12.4. The third-order valence-electron chi connectivity index (χ3n) is 5.50. The van der Waals surface area contributed by atoms with E-state index < -0.39 is 11.4 Å². The Hall–Kier alpha value is -2.00. The van der Waals surface area contributed by atoms with E-state index in [4.69, 9.17) is 0 Å². The molecule has 3 heteroatoms. The van der Waals surface area contributed by atoms with Gasteiger partial charge in [0.15, 0.2) is 0 Å². The molecule has 2 nitrogen and oxygen atoms in total. The summed E-state index contributed by atoms with van der Waals surface area (Å²) in [4.78, 5) is 13.4. The smallest absolute Gasteiger partial charge is 0.318 e. The van der Waals surface area contributed by atoms with E-state index in [0.717, 1.165) is 17.7 Å². The van der Waals surface area contributed by atoms with Crippen LogP contribution in [-0.4, -0.2) is 16.8 Å². The van der Waals surface area contributed by atoms with E-state index in [1.807, 2.05) is 23.9 Å². The zero-order chi connectivity index (χ0) is 18.9. The second-order valence-electron chi connectivity index (χ2n) is 7.56. The molecule has 0 heterocycles. The Bertz CT molecular complexity index is 829. The molecule has 2 aliphatic carbocycles. The molecular formula is C23H26O2S. The zero-order valence-electron chi connectivity index (χ0n) is 15.7. The summed E-state index contributed by atoms with van der Waals surface area (Å²) in [6.45, 7) is 10.5. The summed E-state index contributed by atoms with van der Waals surface area (Å²) >= 11 is 1.86. The number of thioether (sulfide) groups is 1. The van der Waals surface area contributed by atoms with E-state index in [0.29, 0.717) is 0 Å². The lowest BCUT2D eigenvalue weighted by Gasteiger charge is -2.35. The summed E-state index contributed by atoms with van der Waals surface area (Å²) in [5.74, 6) is -0.103. The number of benzene rings is 1. The quantitative estimate of drug-likeness (QED) is 0.656. The number of hydrogen-bond donors (Lipinski definition) is 1. The van der Waals surface area contributed by atoms with Gasteiger partial charge in [-0.1, -0.05) is 69.4 Å². The van der Waals surface area contributed by atoms with Gasteiger partial charge in [-0.15, -0.1) is 18.3 Å². The molecule has 2 aliphatic rings. The summed E-state index contributed by atoms with van der Waals surface area (Å²) in [5.41, 5.74) is 2.60. The fourth-order valence-corrected chi connectivity index (χ4v) is 4.77. The van der Waals surface area contributed by atoms with Crippen molar-refractivity contribution in [2.75, 3.05) is 5.75 Å². The van der Waals surface area contributed by atoms with Gasteiger partial charge in [-0.2, -0.15) is 0 Å². The molecule has 0 bridgehead atoms. The highest BCUT2D eigenvalue weighted by Gasteiger charge is 2.42. The topological polar surface area (TPSA) is 37.3 Å². The van der Waals surface area contributed by atoms with Gasteiger partial charge >= 0.3 is 5.97 Å². The summed E-state index contributed by atoms with van der Waals surface area (Å²) in [6.07, 6.45) is 12.4. The Kier molecular flexibility index (Phi) is 5.03. The van der Waals surface area contributed by atoms with Crippen LogP contribution >= 0.6 is 11.8 Å². The van der Waals surface area contributed by atoms with Crippen LogP contribution in [0.3, 0.4) is 0 Å². The van der Waals surface area contributed by atoms with Crippen molar-refractivity contribution in [3.8, 4) is 0 Å². The normalized spacial score (nSPS) is 26.1. The van der Waals surface area contributed by atoms with Crippen LogP contribution in [0, 0.1) is 5.41 Å². The molecule has 1 aromatic rings. The zero-order valence-corrected chi connectivity index (χ0v) is 16.5. The van der Waals surface area contributed by atoms with Crippen molar-refractivity contribution in [3.63, 3.8) is 0 Å². The van der Waals surface area contributed by atoms with Crippen LogP contribution in [0.5, 0.6) is 0 Å². The molecule has 1 aromatic carbocycles. The van der Waals surface area contributed by atoms with Gasteiger partial charge in [0.1, 0.15) is 5.41 Å². The number of carbonyl (C=O) groups is 1. The maximum Gasteiger partial charge on any atom is 0.318 e. The largest absolute Gasteiger partial charge is 0.480 e. The van der Waals surface area contributed by atoms with Crippen LogP contribution < -0.4 is 0 Å². The number of rotatable bonds is 5. The molecule has 2 unspecified atom stereocenters. The molecule has 0 fully saturated rings. The van der Waals surface area contributed by atoms with Crippen molar-refractivity contribution >= 4 is 22.6 Å². The van der Waals surface area contributed by atoms with Crippen LogP contribution in [0.1, 0.15) is 49.8 Å². The van der Waals surface area contributed by atoms with E-state index in [1.165, 1.54) is 16.0 Å². The van der Waals surface area contributed by atoms with Crippen molar-refractivity contribution in [1.29, 1.82) is 0 Å². The van der Waals surface area contributed by atoms with Crippen LogP contribution in [-0.2, 0) is 10.2 Å². The van der Waals surface area contributed by atoms with Gasteiger partial charge in [-0.3, -0.25) is 4.79 Å². The van der Waals surface area contributed by atoms with Crippen molar-refractivity contribution in [2.24, 2.45) is 5.41 Å². The average Bonchev–Trinajstić information content (AvgIpc) is 2.63. The highest BCUT2D eigenvalue weighted by Crippen LogP contribution is 2.47. The van der Waals surface area contributed by atoms with Gasteiger partial charge in [0.05, 0.1) is 0 Å². The minimum atomic E-state index is -1.10. The van der Waals surface area contributed by atoms with Gasteiger partial charge < -0.3 is 5.11 Å². The number of aliphatic carboxylic acids is 1. The Balaban J connectivity index is 2.14. The fraction of sp³-hybridized carbons (Fsp3) is 0.348. The number of fused-ring (bicyclic) bond motifs is 1. The van der Waals surface area contributed by atoms with E-state index >= 15 is 0 Å². The summed E-state index contributed by atoms with van der Waals surface area (Å²) < 4.78 is 0. The number of carboxylic acids is 1. The lowest BCUT2D eigenvalue weighted by molar-refractivity contribution is -0.144. The van der Waals surface area contributed by atoms with E-state index in [1.54, 1.807) is 18.2 Å². The molecule has 26 heavy (non-hydrogen) atoms. The Morgan fingerprint density at radius 2 is 2.15 bits per heavy atom. The van der Waals surface area contributed by atoms with Gasteiger partial charge in [0.2, 0.25) is 0 Å².